The van der Waals surface area contributed by atoms with Crippen LogP contribution in [0.1, 0.15) is 38.3 Å². The molecule has 17 heavy (non-hydrogen) atoms. The molecule has 0 aliphatic rings. The summed E-state index contributed by atoms with van der Waals surface area (Å²) in [6.45, 7) is 7.15. The first-order valence-corrected chi connectivity index (χ1v) is 5.81. The molecule has 0 bridgehead atoms. The maximum absolute atomic E-state index is 8.73. The molecule has 1 aromatic carbocycles. The minimum atomic E-state index is 0.0816. The largest absolute Gasteiger partial charge is 0.409 e. The summed E-state index contributed by atoms with van der Waals surface area (Å²) >= 11 is 0. The van der Waals surface area contributed by atoms with Crippen LogP contribution in [-0.2, 0) is 6.54 Å². The highest BCUT2D eigenvalue weighted by atomic mass is 16.4. The second-order valence-electron chi connectivity index (χ2n) is 4.73. The van der Waals surface area contributed by atoms with Gasteiger partial charge in [0.2, 0.25) is 0 Å². The van der Waals surface area contributed by atoms with E-state index in [4.69, 9.17) is 10.9 Å². The second kappa shape index (κ2) is 5.68. The third kappa shape index (κ3) is 3.75. The van der Waals surface area contributed by atoms with Crippen molar-refractivity contribution in [2.45, 2.75) is 39.3 Å². The highest BCUT2D eigenvalue weighted by Crippen LogP contribution is 2.12. The second-order valence-corrected chi connectivity index (χ2v) is 4.73. The number of oxime groups is 1. The van der Waals surface area contributed by atoms with Crippen molar-refractivity contribution in [3.63, 3.8) is 0 Å². The van der Waals surface area contributed by atoms with E-state index < -0.39 is 0 Å². The smallest absolute Gasteiger partial charge is 0.170 e. The molecule has 4 N–H and O–H groups in total. The third-order valence-corrected chi connectivity index (χ3v) is 3.04. The monoisotopic (exact) mass is 235 g/mol. The highest BCUT2D eigenvalue weighted by Gasteiger charge is 2.15. The standard InChI is InChI=1S/C13H21N3O/c1-4-13(2,3)15-9-10-7-5-6-8-11(10)12(14)16-17/h5-8,15,17H,4,9H2,1-3H3,(H2,14,16). The molecule has 94 valence electrons. The molecule has 0 amide bonds. The molecule has 4 heteroatoms. The number of rotatable bonds is 5. The molecule has 0 radical (unpaired) electrons. The lowest BCUT2D eigenvalue weighted by atomic mass is 10.0. The Kier molecular flexibility index (Phi) is 4.52. The van der Waals surface area contributed by atoms with Crippen LogP contribution in [0.2, 0.25) is 0 Å². The Labute approximate surface area is 103 Å². The number of amidine groups is 1. The van der Waals surface area contributed by atoms with E-state index in [0.29, 0.717) is 6.54 Å². The fourth-order valence-electron chi connectivity index (χ4n) is 1.44. The van der Waals surface area contributed by atoms with Crippen molar-refractivity contribution in [1.29, 1.82) is 0 Å². The quantitative estimate of drug-likeness (QED) is 0.316. The summed E-state index contributed by atoms with van der Waals surface area (Å²) in [6, 6.07) is 7.66. The zero-order valence-corrected chi connectivity index (χ0v) is 10.7. The van der Waals surface area contributed by atoms with Crippen molar-refractivity contribution in [2.24, 2.45) is 10.9 Å². The normalized spacial score (nSPS) is 12.8. The van der Waals surface area contributed by atoms with Crippen LogP contribution in [-0.4, -0.2) is 16.6 Å². The van der Waals surface area contributed by atoms with Gasteiger partial charge in [0.25, 0.3) is 0 Å². The summed E-state index contributed by atoms with van der Waals surface area (Å²) in [4.78, 5) is 0. The van der Waals surface area contributed by atoms with Crippen LogP contribution in [0.5, 0.6) is 0 Å². The van der Waals surface area contributed by atoms with E-state index in [1.54, 1.807) is 0 Å². The summed E-state index contributed by atoms with van der Waals surface area (Å²) in [5.41, 5.74) is 7.53. The fraction of sp³-hybridized carbons (Fsp3) is 0.462. The molecule has 0 saturated heterocycles. The van der Waals surface area contributed by atoms with E-state index in [0.717, 1.165) is 17.5 Å². The van der Waals surface area contributed by atoms with Crippen molar-refractivity contribution in [1.82, 2.24) is 5.32 Å². The molecule has 4 nitrogen and oxygen atoms in total. The Hall–Kier alpha value is -1.55. The van der Waals surface area contributed by atoms with E-state index >= 15 is 0 Å². The van der Waals surface area contributed by atoms with Crippen LogP contribution in [0.3, 0.4) is 0 Å². The molecule has 1 rings (SSSR count). The molecular formula is C13H21N3O. The van der Waals surface area contributed by atoms with Gasteiger partial charge < -0.3 is 16.3 Å². The van der Waals surface area contributed by atoms with Crippen LogP contribution < -0.4 is 11.1 Å². The molecule has 0 aliphatic heterocycles. The van der Waals surface area contributed by atoms with Gasteiger partial charge in [0.15, 0.2) is 5.84 Å². The van der Waals surface area contributed by atoms with Gasteiger partial charge in [-0.15, -0.1) is 0 Å². The van der Waals surface area contributed by atoms with Gasteiger partial charge in [-0.3, -0.25) is 0 Å². The molecular weight excluding hydrogens is 214 g/mol. The van der Waals surface area contributed by atoms with Gasteiger partial charge in [-0.1, -0.05) is 36.3 Å². The van der Waals surface area contributed by atoms with Gasteiger partial charge in [0, 0.05) is 17.6 Å². The summed E-state index contributed by atoms with van der Waals surface area (Å²) in [5, 5.41) is 15.2. The first-order valence-electron chi connectivity index (χ1n) is 5.81. The van der Waals surface area contributed by atoms with Crippen molar-refractivity contribution < 1.29 is 5.21 Å². The Morgan fingerprint density at radius 2 is 2.06 bits per heavy atom. The number of hydrogen-bond acceptors (Lipinski definition) is 3. The Morgan fingerprint density at radius 1 is 1.41 bits per heavy atom. The van der Waals surface area contributed by atoms with Gasteiger partial charge in [-0.2, -0.15) is 0 Å². The Balaban J connectivity index is 2.85. The van der Waals surface area contributed by atoms with Crippen LogP contribution in [0.25, 0.3) is 0 Å². The maximum atomic E-state index is 8.73. The lowest BCUT2D eigenvalue weighted by Crippen LogP contribution is -2.38. The van der Waals surface area contributed by atoms with Crippen molar-refractivity contribution in [3.05, 3.63) is 35.4 Å². The van der Waals surface area contributed by atoms with E-state index in [2.05, 4.69) is 31.2 Å². The number of nitrogens with zero attached hydrogens (tertiary/aromatic N) is 1. The highest BCUT2D eigenvalue weighted by molar-refractivity contribution is 5.98. The van der Waals surface area contributed by atoms with Crippen molar-refractivity contribution in [2.75, 3.05) is 0 Å². The molecule has 0 aromatic heterocycles. The van der Waals surface area contributed by atoms with Gasteiger partial charge in [-0.25, -0.2) is 0 Å². The molecule has 0 atom stereocenters. The van der Waals surface area contributed by atoms with Gasteiger partial charge in [0.1, 0.15) is 0 Å². The summed E-state index contributed by atoms with van der Waals surface area (Å²) < 4.78 is 0. The van der Waals surface area contributed by atoms with Crippen LogP contribution in [0, 0.1) is 0 Å². The first-order chi connectivity index (χ1) is 8.00. The maximum Gasteiger partial charge on any atom is 0.170 e. The van der Waals surface area contributed by atoms with Crippen LogP contribution in [0.15, 0.2) is 29.4 Å². The number of benzene rings is 1. The van der Waals surface area contributed by atoms with Crippen LogP contribution in [0.4, 0.5) is 0 Å². The lowest BCUT2D eigenvalue weighted by molar-refractivity contribution is 0.318. The zero-order valence-electron chi connectivity index (χ0n) is 10.7. The first kappa shape index (κ1) is 13.5. The zero-order chi connectivity index (χ0) is 12.9. The topological polar surface area (TPSA) is 70.6 Å². The van der Waals surface area contributed by atoms with Gasteiger partial charge >= 0.3 is 0 Å². The predicted molar refractivity (Wildman–Crippen MR) is 70.2 cm³/mol. The van der Waals surface area contributed by atoms with Crippen molar-refractivity contribution >= 4 is 5.84 Å². The minimum Gasteiger partial charge on any atom is -0.409 e. The number of nitrogens with two attached hydrogens (primary N) is 1. The lowest BCUT2D eigenvalue weighted by Gasteiger charge is -2.25. The summed E-state index contributed by atoms with van der Waals surface area (Å²) in [7, 11) is 0. The molecule has 1 aromatic rings. The fourth-order valence-corrected chi connectivity index (χ4v) is 1.44. The molecule has 0 spiro atoms. The Morgan fingerprint density at radius 3 is 2.65 bits per heavy atom. The predicted octanol–water partition coefficient (Wildman–Crippen LogP) is 2.06. The number of hydrogen-bond donors (Lipinski definition) is 3. The molecule has 0 saturated carbocycles. The SMILES string of the molecule is CCC(C)(C)NCc1ccccc1C(N)=NO. The van der Waals surface area contributed by atoms with E-state index in [1.807, 2.05) is 24.3 Å². The van der Waals surface area contributed by atoms with E-state index in [1.165, 1.54) is 0 Å². The van der Waals surface area contributed by atoms with E-state index in [9.17, 15) is 0 Å². The molecule has 0 fully saturated rings. The van der Waals surface area contributed by atoms with Crippen LogP contribution >= 0.6 is 0 Å². The molecule has 0 aliphatic carbocycles. The van der Waals surface area contributed by atoms with E-state index in [-0.39, 0.29) is 11.4 Å². The average Bonchev–Trinajstić information content (AvgIpc) is 2.36. The summed E-state index contributed by atoms with van der Waals surface area (Å²) in [6.07, 6.45) is 1.04. The average molecular weight is 235 g/mol. The molecule has 0 unspecified atom stereocenters. The Bertz CT molecular complexity index is 399. The third-order valence-electron chi connectivity index (χ3n) is 3.04. The van der Waals surface area contributed by atoms with Gasteiger partial charge in [-0.05, 0) is 25.8 Å². The van der Waals surface area contributed by atoms with Crippen molar-refractivity contribution in [3.8, 4) is 0 Å². The molecule has 0 heterocycles. The summed E-state index contributed by atoms with van der Waals surface area (Å²) in [5.74, 6) is 0.150. The minimum absolute atomic E-state index is 0.0816. The van der Waals surface area contributed by atoms with Gasteiger partial charge in [0.05, 0.1) is 0 Å². The number of nitrogens with one attached hydrogen (secondary N) is 1.